The number of carbonyl (C=O) groups excluding carboxylic acids is 1. The Morgan fingerprint density at radius 2 is 1.97 bits per heavy atom. The molecule has 2 aromatic carbocycles. The molecule has 7 nitrogen and oxygen atoms in total. The van der Waals surface area contributed by atoms with Gasteiger partial charge in [0, 0.05) is 25.9 Å². The highest BCUT2D eigenvalue weighted by Crippen LogP contribution is 2.17. The first-order valence-corrected chi connectivity index (χ1v) is 10.3. The first-order valence-electron chi connectivity index (χ1n) is 8.67. The fourth-order valence-electron chi connectivity index (χ4n) is 2.55. The monoisotopic (exact) mass is 466 g/mol. The van der Waals surface area contributed by atoms with Gasteiger partial charge < -0.3 is 0 Å². The van der Waals surface area contributed by atoms with Gasteiger partial charge in [0.05, 0.1) is 12.8 Å². The number of hydrogen-bond acceptors (Lipinski definition) is 6. The standard InChI is InChI=1S/C20H15BrN6OS/c21-17-10-18(29-13-17)11-22-24-20(28)16-8-6-14(7-9-16)12-27-25-19(23-26-27)15-4-2-1-3-5-15/h1-11,13H,12H2,(H,24,28)/b22-11+. The molecule has 2 aromatic heterocycles. The lowest BCUT2D eigenvalue weighted by Gasteiger charge is -2.03. The molecule has 0 aliphatic rings. The topological polar surface area (TPSA) is 85.1 Å². The Morgan fingerprint density at radius 1 is 1.17 bits per heavy atom. The maximum absolute atomic E-state index is 12.2. The van der Waals surface area contributed by atoms with Crippen LogP contribution in [0.15, 0.2) is 75.6 Å². The molecule has 0 aliphatic carbocycles. The van der Waals surface area contributed by atoms with E-state index in [2.05, 4.69) is 41.9 Å². The van der Waals surface area contributed by atoms with E-state index in [0.29, 0.717) is 17.9 Å². The number of aromatic nitrogens is 4. The largest absolute Gasteiger partial charge is 0.271 e. The molecule has 0 saturated heterocycles. The van der Waals surface area contributed by atoms with Crippen molar-refractivity contribution >= 4 is 39.4 Å². The average Bonchev–Trinajstić information content (AvgIpc) is 3.38. The van der Waals surface area contributed by atoms with Crippen LogP contribution in [0.3, 0.4) is 0 Å². The zero-order chi connectivity index (χ0) is 20.1. The highest BCUT2D eigenvalue weighted by Gasteiger charge is 2.07. The van der Waals surface area contributed by atoms with Crippen LogP contribution in [0.2, 0.25) is 0 Å². The van der Waals surface area contributed by atoms with Gasteiger partial charge >= 0.3 is 0 Å². The fourth-order valence-corrected chi connectivity index (χ4v) is 3.86. The smallest absolute Gasteiger partial charge is 0.267 e. The summed E-state index contributed by atoms with van der Waals surface area (Å²) in [6, 6.07) is 18.8. The lowest BCUT2D eigenvalue weighted by Crippen LogP contribution is -2.17. The van der Waals surface area contributed by atoms with Crippen LogP contribution < -0.4 is 5.43 Å². The van der Waals surface area contributed by atoms with Crippen LogP contribution in [0.4, 0.5) is 0 Å². The minimum absolute atomic E-state index is 0.270. The van der Waals surface area contributed by atoms with Crippen LogP contribution in [0.5, 0.6) is 0 Å². The van der Waals surface area contributed by atoms with Crippen molar-refractivity contribution in [1.82, 2.24) is 25.6 Å². The van der Waals surface area contributed by atoms with Crippen molar-refractivity contribution in [3.05, 3.63) is 86.5 Å². The maximum Gasteiger partial charge on any atom is 0.271 e. The predicted octanol–water partition coefficient (Wildman–Crippen LogP) is 3.98. The average molecular weight is 467 g/mol. The summed E-state index contributed by atoms with van der Waals surface area (Å²) in [5.41, 5.74) is 4.93. The summed E-state index contributed by atoms with van der Waals surface area (Å²) in [5.74, 6) is 0.311. The quantitative estimate of drug-likeness (QED) is 0.344. The van der Waals surface area contributed by atoms with Crippen molar-refractivity contribution < 1.29 is 4.79 Å². The molecule has 4 aromatic rings. The Balaban J connectivity index is 1.36. The highest BCUT2D eigenvalue weighted by atomic mass is 79.9. The van der Waals surface area contributed by atoms with Crippen LogP contribution in [0.1, 0.15) is 20.8 Å². The molecule has 0 aliphatic heterocycles. The van der Waals surface area contributed by atoms with Crippen LogP contribution >= 0.6 is 27.3 Å². The maximum atomic E-state index is 12.2. The van der Waals surface area contributed by atoms with Crippen molar-refractivity contribution in [2.24, 2.45) is 5.10 Å². The summed E-state index contributed by atoms with van der Waals surface area (Å²) in [4.78, 5) is 14.7. The minimum atomic E-state index is -0.270. The third-order valence-corrected chi connectivity index (χ3v) is 5.60. The lowest BCUT2D eigenvalue weighted by molar-refractivity contribution is 0.0955. The number of halogens is 1. The third-order valence-electron chi connectivity index (χ3n) is 3.97. The molecule has 0 fully saturated rings. The second-order valence-electron chi connectivity index (χ2n) is 6.07. The Kier molecular flexibility index (Phi) is 5.87. The summed E-state index contributed by atoms with van der Waals surface area (Å²) in [6.07, 6.45) is 1.61. The van der Waals surface area contributed by atoms with Gasteiger partial charge in [0.1, 0.15) is 0 Å². The Labute approximate surface area is 179 Å². The number of amides is 1. The number of hydrazone groups is 1. The first-order chi connectivity index (χ1) is 14.2. The molecule has 1 amide bonds. The fraction of sp³-hybridized carbons (Fsp3) is 0.0500. The Morgan fingerprint density at radius 3 is 2.69 bits per heavy atom. The van der Waals surface area contributed by atoms with Crippen LogP contribution in [-0.2, 0) is 6.54 Å². The van der Waals surface area contributed by atoms with Crippen molar-refractivity contribution in [1.29, 1.82) is 0 Å². The number of hydrogen-bond donors (Lipinski definition) is 1. The van der Waals surface area contributed by atoms with Gasteiger partial charge in [0.15, 0.2) is 0 Å². The molecule has 29 heavy (non-hydrogen) atoms. The van der Waals surface area contributed by atoms with Crippen LogP contribution in [0, 0.1) is 0 Å². The molecular weight excluding hydrogens is 452 g/mol. The van der Waals surface area contributed by atoms with E-state index < -0.39 is 0 Å². The van der Waals surface area contributed by atoms with Gasteiger partial charge in [-0.1, -0.05) is 42.5 Å². The van der Waals surface area contributed by atoms with E-state index in [1.54, 1.807) is 18.3 Å². The molecule has 0 radical (unpaired) electrons. The molecule has 0 atom stereocenters. The number of rotatable bonds is 6. The van der Waals surface area contributed by atoms with E-state index >= 15 is 0 Å². The number of tetrazole rings is 1. The van der Waals surface area contributed by atoms with Gasteiger partial charge in [-0.3, -0.25) is 4.79 Å². The third kappa shape index (κ3) is 5.01. The lowest BCUT2D eigenvalue weighted by atomic mass is 10.1. The van der Waals surface area contributed by atoms with E-state index in [4.69, 9.17) is 0 Å². The molecule has 0 bridgehead atoms. The predicted molar refractivity (Wildman–Crippen MR) is 116 cm³/mol. The molecule has 0 saturated carbocycles. The van der Waals surface area contributed by atoms with Crippen molar-refractivity contribution in [3.8, 4) is 11.4 Å². The van der Waals surface area contributed by atoms with Gasteiger partial charge in [0.25, 0.3) is 5.91 Å². The number of benzene rings is 2. The van der Waals surface area contributed by atoms with Gasteiger partial charge in [-0.25, -0.2) is 5.43 Å². The molecule has 9 heteroatoms. The molecule has 4 rings (SSSR count). The van der Waals surface area contributed by atoms with Crippen molar-refractivity contribution in [3.63, 3.8) is 0 Å². The highest BCUT2D eigenvalue weighted by molar-refractivity contribution is 9.10. The van der Waals surface area contributed by atoms with E-state index in [1.807, 2.05) is 53.9 Å². The van der Waals surface area contributed by atoms with Gasteiger partial charge in [-0.2, -0.15) is 9.90 Å². The molecule has 1 N–H and O–H groups in total. The van der Waals surface area contributed by atoms with Gasteiger partial charge in [0.2, 0.25) is 5.82 Å². The van der Waals surface area contributed by atoms with E-state index in [0.717, 1.165) is 20.5 Å². The Bertz CT molecular complexity index is 1140. The first kappa shape index (κ1) is 19.2. The molecular formula is C20H15BrN6OS. The van der Waals surface area contributed by atoms with Crippen molar-refractivity contribution in [2.45, 2.75) is 6.54 Å². The van der Waals surface area contributed by atoms with E-state index in [9.17, 15) is 4.79 Å². The second kappa shape index (κ2) is 8.89. The molecule has 2 heterocycles. The normalized spacial score (nSPS) is 11.1. The summed E-state index contributed by atoms with van der Waals surface area (Å²) in [6.45, 7) is 0.465. The van der Waals surface area contributed by atoms with Crippen molar-refractivity contribution in [2.75, 3.05) is 0 Å². The zero-order valence-electron chi connectivity index (χ0n) is 15.1. The van der Waals surface area contributed by atoms with Gasteiger partial charge in [-0.05, 0) is 44.9 Å². The molecule has 144 valence electrons. The molecule has 0 spiro atoms. The van der Waals surface area contributed by atoms with Crippen LogP contribution in [0.25, 0.3) is 11.4 Å². The SMILES string of the molecule is O=C(N/N=C/c1cc(Br)cs1)c1ccc(Cn2nnc(-c3ccccc3)n2)cc1. The number of carbonyl (C=O) groups is 1. The van der Waals surface area contributed by atoms with Gasteiger partial charge in [-0.15, -0.1) is 21.5 Å². The summed E-state index contributed by atoms with van der Waals surface area (Å²) in [5, 5.41) is 18.5. The minimum Gasteiger partial charge on any atom is -0.267 e. The summed E-state index contributed by atoms with van der Waals surface area (Å²) in [7, 11) is 0. The van der Waals surface area contributed by atoms with E-state index in [-0.39, 0.29) is 5.91 Å². The zero-order valence-corrected chi connectivity index (χ0v) is 17.5. The number of nitrogens with zero attached hydrogens (tertiary/aromatic N) is 5. The number of nitrogens with one attached hydrogen (secondary N) is 1. The Hall–Kier alpha value is -3.17. The second-order valence-corrected chi connectivity index (χ2v) is 7.93. The van der Waals surface area contributed by atoms with E-state index in [1.165, 1.54) is 16.1 Å². The number of thiophene rings is 1. The summed E-state index contributed by atoms with van der Waals surface area (Å²) >= 11 is 4.91. The van der Waals surface area contributed by atoms with Crippen LogP contribution in [-0.4, -0.2) is 32.3 Å². The molecule has 0 unspecified atom stereocenters. The summed E-state index contributed by atoms with van der Waals surface area (Å²) < 4.78 is 0.989.